The highest BCUT2D eigenvalue weighted by molar-refractivity contribution is 5.81. The first-order valence-electron chi connectivity index (χ1n) is 7.41. The Morgan fingerprint density at radius 3 is 3.05 bits per heavy atom. The molecule has 110 valence electrons. The first-order valence-corrected chi connectivity index (χ1v) is 7.41. The molecule has 1 saturated heterocycles. The zero-order valence-corrected chi connectivity index (χ0v) is 12.4. The average Bonchev–Trinajstić information content (AvgIpc) is 2.69. The van der Waals surface area contributed by atoms with Crippen LogP contribution < -0.4 is 15.5 Å². The standard InChI is InChI=1S/C15H24N4O/c1-3-7-16-12(2)14-6-5-13(10-18-14)19-9-4-8-17-15(20)11-19/h5-6,10,12,16H,3-4,7-9,11H2,1-2H3,(H,17,20). The van der Waals surface area contributed by atoms with Crippen molar-refractivity contribution in [1.82, 2.24) is 15.6 Å². The predicted octanol–water partition coefficient (Wildman–Crippen LogP) is 1.47. The summed E-state index contributed by atoms with van der Waals surface area (Å²) >= 11 is 0. The molecule has 2 N–H and O–H groups in total. The molecule has 1 aliphatic heterocycles. The summed E-state index contributed by atoms with van der Waals surface area (Å²) in [7, 11) is 0. The molecule has 0 saturated carbocycles. The van der Waals surface area contributed by atoms with Crippen LogP contribution in [-0.4, -0.2) is 37.1 Å². The van der Waals surface area contributed by atoms with E-state index in [4.69, 9.17) is 0 Å². The van der Waals surface area contributed by atoms with E-state index in [2.05, 4.69) is 40.4 Å². The molecular formula is C15H24N4O. The fourth-order valence-corrected chi connectivity index (χ4v) is 2.33. The fourth-order valence-electron chi connectivity index (χ4n) is 2.33. The van der Waals surface area contributed by atoms with Gasteiger partial charge >= 0.3 is 0 Å². The van der Waals surface area contributed by atoms with Gasteiger partial charge in [0, 0.05) is 19.1 Å². The number of carbonyl (C=O) groups excluding carboxylic acids is 1. The van der Waals surface area contributed by atoms with Crippen LogP contribution >= 0.6 is 0 Å². The number of anilines is 1. The van der Waals surface area contributed by atoms with Crippen LogP contribution in [-0.2, 0) is 4.79 Å². The second kappa shape index (κ2) is 7.24. The van der Waals surface area contributed by atoms with Crippen molar-refractivity contribution in [3.8, 4) is 0 Å². The molecule has 1 aliphatic rings. The number of nitrogens with zero attached hydrogens (tertiary/aromatic N) is 2. The Hall–Kier alpha value is -1.62. The summed E-state index contributed by atoms with van der Waals surface area (Å²) in [4.78, 5) is 18.2. The minimum absolute atomic E-state index is 0.0876. The van der Waals surface area contributed by atoms with Crippen LogP contribution in [0.25, 0.3) is 0 Å². The third-order valence-electron chi connectivity index (χ3n) is 3.54. The smallest absolute Gasteiger partial charge is 0.239 e. The highest BCUT2D eigenvalue weighted by Crippen LogP contribution is 2.17. The van der Waals surface area contributed by atoms with Gasteiger partial charge in [-0.25, -0.2) is 0 Å². The Balaban J connectivity index is 2.01. The largest absolute Gasteiger partial charge is 0.361 e. The molecule has 0 radical (unpaired) electrons. The maximum atomic E-state index is 11.6. The maximum absolute atomic E-state index is 11.6. The van der Waals surface area contributed by atoms with E-state index >= 15 is 0 Å². The number of rotatable bonds is 5. The van der Waals surface area contributed by atoms with Gasteiger partial charge in [-0.15, -0.1) is 0 Å². The Kier molecular flexibility index (Phi) is 5.35. The highest BCUT2D eigenvalue weighted by atomic mass is 16.2. The second-order valence-corrected chi connectivity index (χ2v) is 5.24. The van der Waals surface area contributed by atoms with Crippen LogP contribution in [0, 0.1) is 0 Å². The van der Waals surface area contributed by atoms with Gasteiger partial charge in [-0.2, -0.15) is 0 Å². The van der Waals surface area contributed by atoms with E-state index in [0.717, 1.165) is 43.9 Å². The first-order chi connectivity index (χ1) is 9.70. The van der Waals surface area contributed by atoms with Crippen molar-refractivity contribution in [3.05, 3.63) is 24.0 Å². The summed E-state index contributed by atoms with van der Waals surface area (Å²) in [5.41, 5.74) is 2.06. The van der Waals surface area contributed by atoms with Crippen LogP contribution in [0.4, 0.5) is 5.69 Å². The van der Waals surface area contributed by atoms with Gasteiger partial charge < -0.3 is 15.5 Å². The van der Waals surface area contributed by atoms with Gasteiger partial charge in [-0.3, -0.25) is 9.78 Å². The number of hydrogen-bond donors (Lipinski definition) is 2. The van der Waals surface area contributed by atoms with Gasteiger partial charge in [0.2, 0.25) is 5.91 Å². The molecule has 1 unspecified atom stereocenters. The van der Waals surface area contributed by atoms with E-state index < -0.39 is 0 Å². The molecule has 1 aromatic heterocycles. The summed E-state index contributed by atoms with van der Waals surface area (Å²) in [6.45, 7) is 7.35. The number of carbonyl (C=O) groups is 1. The minimum Gasteiger partial charge on any atom is -0.361 e. The van der Waals surface area contributed by atoms with E-state index in [0.29, 0.717) is 6.54 Å². The second-order valence-electron chi connectivity index (χ2n) is 5.24. The van der Waals surface area contributed by atoms with E-state index in [1.807, 2.05) is 12.3 Å². The topological polar surface area (TPSA) is 57.3 Å². The van der Waals surface area contributed by atoms with Crippen LogP contribution in [0.1, 0.15) is 38.4 Å². The number of aromatic nitrogens is 1. The fraction of sp³-hybridized carbons (Fsp3) is 0.600. The summed E-state index contributed by atoms with van der Waals surface area (Å²) in [6, 6.07) is 4.37. The summed E-state index contributed by atoms with van der Waals surface area (Å²) in [5.74, 6) is 0.0876. The Morgan fingerprint density at radius 1 is 1.50 bits per heavy atom. The van der Waals surface area contributed by atoms with Gasteiger partial charge in [-0.05, 0) is 38.4 Å². The molecule has 1 aromatic rings. The van der Waals surface area contributed by atoms with Crippen molar-refractivity contribution < 1.29 is 4.79 Å². The molecule has 0 aliphatic carbocycles. The molecule has 0 spiro atoms. The van der Waals surface area contributed by atoms with E-state index in [9.17, 15) is 4.79 Å². The zero-order valence-electron chi connectivity index (χ0n) is 12.4. The molecule has 0 bridgehead atoms. The van der Waals surface area contributed by atoms with Crippen molar-refractivity contribution in [3.63, 3.8) is 0 Å². The van der Waals surface area contributed by atoms with Gasteiger partial charge in [0.05, 0.1) is 24.1 Å². The lowest BCUT2D eigenvalue weighted by molar-refractivity contribution is -0.119. The first kappa shape index (κ1) is 14.8. The van der Waals surface area contributed by atoms with E-state index in [-0.39, 0.29) is 11.9 Å². The number of amides is 1. The van der Waals surface area contributed by atoms with Crippen molar-refractivity contribution in [1.29, 1.82) is 0 Å². The molecular weight excluding hydrogens is 252 g/mol. The molecule has 5 heteroatoms. The number of nitrogens with one attached hydrogen (secondary N) is 2. The molecule has 1 fully saturated rings. The zero-order chi connectivity index (χ0) is 14.4. The Labute approximate surface area is 120 Å². The normalized spacial score (nSPS) is 17.5. The Bertz CT molecular complexity index is 432. The average molecular weight is 276 g/mol. The lowest BCUT2D eigenvalue weighted by atomic mass is 10.2. The molecule has 2 heterocycles. The van der Waals surface area contributed by atoms with Crippen molar-refractivity contribution in [2.24, 2.45) is 0 Å². The van der Waals surface area contributed by atoms with E-state index in [1.54, 1.807) is 0 Å². The van der Waals surface area contributed by atoms with E-state index in [1.165, 1.54) is 0 Å². The maximum Gasteiger partial charge on any atom is 0.239 e. The highest BCUT2D eigenvalue weighted by Gasteiger charge is 2.15. The summed E-state index contributed by atoms with van der Waals surface area (Å²) in [6.07, 6.45) is 3.96. The van der Waals surface area contributed by atoms with Crippen LogP contribution in [0.3, 0.4) is 0 Å². The van der Waals surface area contributed by atoms with Gasteiger partial charge in [0.15, 0.2) is 0 Å². The van der Waals surface area contributed by atoms with Crippen molar-refractivity contribution in [2.45, 2.75) is 32.7 Å². The SMILES string of the molecule is CCCNC(C)c1ccc(N2CCCNC(=O)C2)cn1. The van der Waals surface area contributed by atoms with Crippen LogP contribution in [0.5, 0.6) is 0 Å². The number of hydrogen-bond acceptors (Lipinski definition) is 4. The molecule has 2 rings (SSSR count). The van der Waals surface area contributed by atoms with Gasteiger partial charge in [0.25, 0.3) is 0 Å². The quantitative estimate of drug-likeness (QED) is 0.855. The molecule has 20 heavy (non-hydrogen) atoms. The minimum atomic E-state index is 0.0876. The lowest BCUT2D eigenvalue weighted by Gasteiger charge is -2.21. The third-order valence-corrected chi connectivity index (χ3v) is 3.54. The molecule has 5 nitrogen and oxygen atoms in total. The molecule has 1 atom stereocenters. The van der Waals surface area contributed by atoms with Crippen molar-refractivity contribution >= 4 is 11.6 Å². The molecule has 0 aromatic carbocycles. The third kappa shape index (κ3) is 3.93. The van der Waals surface area contributed by atoms with Gasteiger partial charge in [0.1, 0.15) is 0 Å². The monoisotopic (exact) mass is 276 g/mol. The van der Waals surface area contributed by atoms with Crippen LogP contribution in [0.15, 0.2) is 18.3 Å². The number of pyridine rings is 1. The molecule has 1 amide bonds. The van der Waals surface area contributed by atoms with Crippen molar-refractivity contribution in [2.75, 3.05) is 31.1 Å². The summed E-state index contributed by atoms with van der Waals surface area (Å²) < 4.78 is 0. The van der Waals surface area contributed by atoms with Gasteiger partial charge in [-0.1, -0.05) is 6.92 Å². The predicted molar refractivity (Wildman–Crippen MR) is 80.8 cm³/mol. The lowest BCUT2D eigenvalue weighted by Crippen LogP contribution is -2.33. The Morgan fingerprint density at radius 2 is 2.35 bits per heavy atom. The van der Waals surface area contributed by atoms with Crippen LogP contribution in [0.2, 0.25) is 0 Å². The summed E-state index contributed by atoms with van der Waals surface area (Å²) in [5, 5.41) is 6.31.